The average molecular weight is 504 g/mol. The topological polar surface area (TPSA) is 57.6 Å². The minimum atomic E-state index is -0.256. The van der Waals surface area contributed by atoms with Gasteiger partial charge in [-0.15, -0.1) is 0 Å². The number of nitrogens with zero attached hydrogens (tertiary/aromatic N) is 1. The molecule has 4 heteroatoms. The van der Waals surface area contributed by atoms with E-state index >= 15 is 0 Å². The van der Waals surface area contributed by atoms with Gasteiger partial charge in [-0.2, -0.15) is 0 Å². The van der Waals surface area contributed by atoms with Crippen molar-refractivity contribution in [2.45, 2.75) is 99.3 Å². The number of carbonyl (C=O) groups is 2. The molecule has 0 aromatic carbocycles. The molecular weight excluding hydrogens is 458 g/mol. The molecule has 1 saturated heterocycles. The minimum Gasteiger partial charge on any atom is -0.504 e. The van der Waals surface area contributed by atoms with E-state index in [0.717, 1.165) is 75.6 Å². The summed E-state index contributed by atoms with van der Waals surface area (Å²) in [5.41, 5.74) is 4.30. The Morgan fingerprint density at radius 3 is 2.38 bits per heavy atom. The second-order valence-electron chi connectivity index (χ2n) is 14.3. The zero-order chi connectivity index (χ0) is 26.6. The number of rotatable bonds is 2. The van der Waals surface area contributed by atoms with Crippen LogP contribution in [0.15, 0.2) is 46.3 Å². The normalized spacial score (nSPS) is 44.9. The summed E-state index contributed by atoms with van der Waals surface area (Å²) in [6.45, 7) is 15.8. The number of hydrogen-bond donors (Lipinski definition) is 1. The Balaban J connectivity index is 1.45. The quantitative estimate of drug-likeness (QED) is 0.432. The van der Waals surface area contributed by atoms with Crippen LogP contribution in [-0.2, 0) is 9.59 Å². The summed E-state index contributed by atoms with van der Waals surface area (Å²) in [7, 11) is 0. The first-order chi connectivity index (χ1) is 17.4. The third-order valence-corrected chi connectivity index (χ3v) is 12.8. The van der Waals surface area contributed by atoms with Gasteiger partial charge in [0, 0.05) is 29.5 Å². The van der Waals surface area contributed by atoms with Crippen LogP contribution in [-0.4, -0.2) is 34.8 Å². The van der Waals surface area contributed by atoms with Gasteiger partial charge in [-0.25, -0.2) is 0 Å². The highest BCUT2D eigenvalue weighted by Crippen LogP contribution is 2.76. The zero-order valence-electron chi connectivity index (χ0n) is 23.8. The van der Waals surface area contributed by atoms with E-state index in [1.165, 1.54) is 12.0 Å². The lowest BCUT2D eigenvalue weighted by Gasteiger charge is -2.71. The van der Waals surface area contributed by atoms with Crippen molar-refractivity contribution in [3.8, 4) is 0 Å². The molecule has 1 aliphatic heterocycles. The molecule has 0 radical (unpaired) electrons. The molecule has 1 amide bonds. The predicted octanol–water partition coefficient (Wildman–Crippen LogP) is 7.24. The third-order valence-electron chi connectivity index (χ3n) is 12.8. The maximum atomic E-state index is 13.7. The van der Waals surface area contributed by atoms with Gasteiger partial charge in [-0.05, 0) is 104 Å². The number of aliphatic hydroxyl groups excluding tert-OH is 1. The summed E-state index contributed by atoms with van der Waals surface area (Å²) < 4.78 is 0. The molecule has 6 rings (SSSR count). The number of likely N-dealkylation sites (tertiary alicyclic amines) is 1. The fourth-order valence-electron chi connectivity index (χ4n) is 10.1. The highest BCUT2D eigenvalue weighted by Gasteiger charge is 2.68. The lowest BCUT2D eigenvalue weighted by atomic mass is 9.33. The van der Waals surface area contributed by atoms with Gasteiger partial charge >= 0.3 is 0 Å². The molecule has 0 bridgehead atoms. The third kappa shape index (κ3) is 3.02. The Hall–Kier alpha value is -2.10. The maximum Gasteiger partial charge on any atom is 0.228 e. The van der Waals surface area contributed by atoms with Crippen LogP contribution in [0.1, 0.15) is 99.3 Å². The van der Waals surface area contributed by atoms with Gasteiger partial charge in [0.15, 0.2) is 5.76 Å². The Morgan fingerprint density at radius 1 is 1.03 bits per heavy atom. The van der Waals surface area contributed by atoms with Crippen LogP contribution < -0.4 is 0 Å². The minimum absolute atomic E-state index is 0.0139. The first kappa shape index (κ1) is 25.2. The van der Waals surface area contributed by atoms with Gasteiger partial charge in [0.1, 0.15) is 0 Å². The highest BCUT2D eigenvalue weighted by molar-refractivity contribution is 6.06. The molecule has 37 heavy (non-hydrogen) atoms. The number of allylic oxidation sites excluding steroid dienone is 7. The number of ketones is 1. The van der Waals surface area contributed by atoms with Crippen molar-refractivity contribution in [1.29, 1.82) is 0 Å². The summed E-state index contributed by atoms with van der Waals surface area (Å²) in [4.78, 5) is 28.5. The van der Waals surface area contributed by atoms with E-state index in [9.17, 15) is 14.7 Å². The van der Waals surface area contributed by atoms with Crippen LogP contribution in [0, 0.1) is 33.0 Å². The van der Waals surface area contributed by atoms with E-state index < -0.39 is 0 Å². The van der Waals surface area contributed by atoms with Gasteiger partial charge < -0.3 is 10.0 Å². The van der Waals surface area contributed by atoms with Crippen molar-refractivity contribution in [1.82, 2.24) is 4.90 Å². The smallest absolute Gasteiger partial charge is 0.228 e. The van der Waals surface area contributed by atoms with Gasteiger partial charge in [0.05, 0.1) is 0 Å². The Labute approximate surface area is 223 Å². The van der Waals surface area contributed by atoms with Crippen LogP contribution in [0.3, 0.4) is 0 Å². The molecule has 4 nitrogen and oxygen atoms in total. The van der Waals surface area contributed by atoms with E-state index in [1.54, 1.807) is 6.08 Å². The monoisotopic (exact) mass is 503 g/mol. The van der Waals surface area contributed by atoms with Crippen LogP contribution in [0.5, 0.6) is 0 Å². The molecule has 0 spiro atoms. The first-order valence-corrected chi connectivity index (χ1v) is 14.7. The van der Waals surface area contributed by atoms with Crippen LogP contribution >= 0.6 is 0 Å². The number of aliphatic hydroxyl groups is 1. The van der Waals surface area contributed by atoms with Gasteiger partial charge in [-0.3, -0.25) is 9.59 Å². The SMILES string of the molecule is CC[C@@]12CC[C@@]3(C)C4=CC(=O)C(O)=C(C)C4=CC=C3[C@@]1(C)CC[C@@]1(C)CC[C@@](C)(C(=O)N3CCC3)C[C@H]12. The number of fused-ring (bicyclic) bond motifs is 7. The first-order valence-electron chi connectivity index (χ1n) is 14.7. The molecule has 0 aromatic heterocycles. The maximum absolute atomic E-state index is 13.7. The molecule has 6 aliphatic rings. The Bertz CT molecular complexity index is 1220. The lowest BCUT2D eigenvalue weighted by molar-refractivity contribution is -0.183. The highest BCUT2D eigenvalue weighted by atomic mass is 16.3. The average Bonchev–Trinajstić information content (AvgIpc) is 2.83. The summed E-state index contributed by atoms with van der Waals surface area (Å²) >= 11 is 0. The molecule has 5 aliphatic carbocycles. The number of amides is 1. The molecule has 1 heterocycles. The summed E-state index contributed by atoms with van der Waals surface area (Å²) in [5, 5.41) is 10.4. The second-order valence-corrected chi connectivity index (χ2v) is 14.3. The van der Waals surface area contributed by atoms with Crippen molar-refractivity contribution >= 4 is 11.7 Å². The molecular formula is C33H45NO3. The van der Waals surface area contributed by atoms with Crippen molar-refractivity contribution < 1.29 is 14.7 Å². The Kier molecular flexibility index (Phi) is 5.26. The molecule has 1 N–H and O–H groups in total. The van der Waals surface area contributed by atoms with Crippen molar-refractivity contribution in [3.05, 3.63) is 46.3 Å². The van der Waals surface area contributed by atoms with Crippen molar-refractivity contribution in [2.75, 3.05) is 13.1 Å². The zero-order valence-corrected chi connectivity index (χ0v) is 23.8. The second kappa shape index (κ2) is 7.73. The standard InChI is InChI=1S/C33H45NO3/c1-7-33-16-14-31(5)23-19-24(35)27(36)21(2)22(23)9-10-25(31)32(33,6)15-13-29(3)11-12-30(4,20-26(29)33)28(37)34-17-8-18-34/h9-10,19,26,36H,7-8,11-18,20H2,1-6H3/t26-,29-,30-,31+,32-,33+/m1/s1. The summed E-state index contributed by atoms with van der Waals surface area (Å²) in [6, 6.07) is 0. The van der Waals surface area contributed by atoms with Gasteiger partial charge in [-0.1, -0.05) is 52.3 Å². The van der Waals surface area contributed by atoms with E-state index in [2.05, 4.69) is 51.7 Å². The summed E-state index contributed by atoms with van der Waals surface area (Å²) in [6.07, 6.45) is 16.2. The Morgan fingerprint density at radius 2 is 1.73 bits per heavy atom. The lowest BCUT2D eigenvalue weighted by Crippen LogP contribution is -2.64. The molecule has 3 saturated carbocycles. The predicted molar refractivity (Wildman–Crippen MR) is 147 cm³/mol. The van der Waals surface area contributed by atoms with Gasteiger partial charge in [0.2, 0.25) is 11.7 Å². The van der Waals surface area contributed by atoms with E-state index in [-0.39, 0.29) is 38.6 Å². The fraction of sp³-hybridized carbons (Fsp3) is 0.697. The molecule has 4 fully saturated rings. The van der Waals surface area contributed by atoms with Crippen molar-refractivity contribution in [3.63, 3.8) is 0 Å². The van der Waals surface area contributed by atoms with E-state index in [0.29, 0.717) is 17.4 Å². The summed E-state index contributed by atoms with van der Waals surface area (Å²) in [5.74, 6) is 0.545. The molecule has 200 valence electrons. The van der Waals surface area contributed by atoms with Crippen LogP contribution in [0.4, 0.5) is 0 Å². The van der Waals surface area contributed by atoms with Crippen molar-refractivity contribution in [2.24, 2.45) is 33.0 Å². The van der Waals surface area contributed by atoms with E-state index in [4.69, 9.17) is 0 Å². The molecule has 0 unspecified atom stereocenters. The van der Waals surface area contributed by atoms with Crippen LogP contribution in [0.25, 0.3) is 0 Å². The number of hydrogen-bond acceptors (Lipinski definition) is 3. The van der Waals surface area contributed by atoms with Gasteiger partial charge in [0.25, 0.3) is 0 Å². The van der Waals surface area contributed by atoms with Crippen LogP contribution in [0.2, 0.25) is 0 Å². The van der Waals surface area contributed by atoms with E-state index in [1.807, 2.05) is 6.92 Å². The molecule has 6 atom stereocenters. The number of carbonyl (C=O) groups excluding carboxylic acids is 2. The fourth-order valence-corrected chi connectivity index (χ4v) is 10.1. The molecule has 0 aromatic rings. The largest absolute Gasteiger partial charge is 0.504 e.